The predicted molar refractivity (Wildman–Crippen MR) is 447 cm³/mol. The van der Waals surface area contributed by atoms with Crippen LogP contribution >= 0.6 is 0 Å². The standard InChI is InChI=1S/C93H155NO13/c1-3-5-7-9-11-13-15-17-19-21-23-25-27-29-31-33-35-37-38-39-40-41-42-43-44-45-47-49-51-53-55-57-59-61-63-65-67-69-71-73-75-77-85(98)94-81(80-104-92-90(103)88(101)91(84(79-96)106-92)107-93-89(102)87(100)86(99)83(78-95)105-93)82(97)76-74-72-70-68-66-64-62-60-58-56-54-52-50-48-46-36-34-32-30-28-26-24-22-20-18-16-14-12-10-8-6-4-2/h5,7,11,13,17,19,23,25,29,31,35,37,39-40,42-43,45,47,51,53,57-60,66,68,74,76,81-84,86-93,95-97,99-103H,3-4,6,8-10,12,14-16,18,20-22,24,26-28,30,32-34,36,38,41,44,46,48-50,52,54-56,61-65,67,69-73,75,77-80H2,1-2H3,(H,94,98)/b7-5-,13-11-,19-17-,25-23-,31-29-,37-35-,40-39-,43-42-,47-45-,53-51-,59-57-,60-58+,68-66+,76-74+. The molecule has 12 unspecified atom stereocenters. The van der Waals surface area contributed by atoms with Crippen LogP contribution in [0, 0.1) is 0 Å². The number of hydrogen-bond acceptors (Lipinski definition) is 13. The van der Waals surface area contributed by atoms with Gasteiger partial charge in [0.2, 0.25) is 5.91 Å². The van der Waals surface area contributed by atoms with E-state index in [4.69, 9.17) is 18.9 Å². The van der Waals surface area contributed by atoms with Crippen molar-refractivity contribution in [1.82, 2.24) is 5.32 Å². The Labute approximate surface area is 651 Å². The smallest absolute Gasteiger partial charge is 0.220 e. The Morgan fingerprint density at radius 2 is 0.654 bits per heavy atom. The molecule has 0 bridgehead atoms. The molecule has 2 fully saturated rings. The van der Waals surface area contributed by atoms with E-state index in [1.807, 2.05) is 6.08 Å². The molecule has 1 amide bonds. The molecule has 14 nitrogen and oxygen atoms in total. The zero-order chi connectivity index (χ0) is 77.2. The molecule has 0 spiro atoms. The molecule has 0 aliphatic carbocycles. The molecule has 107 heavy (non-hydrogen) atoms. The van der Waals surface area contributed by atoms with E-state index in [0.29, 0.717) is 12.8 Å². The summed E-state index contributed by atoms with van der Waals surface area (Å²) in [6, 6.07) is -0.959. The highest BCUT2D eigenvalue weighted by molar-refractivity contribution is 5.76. The van der Waals surface area contributed by atoms with Gasteiger partial charge in [-0.15, -0.1) is 0 Å². The summed E-state index contributed by atoms with van der Waals surface area (Å²) >= 11 is 0. The summed E-state index contributed by atoms with van der Waals surface area (Å²) < 4.78 is 22.9. The molecule has 2 aliphatic rings. The third-order valence-electron chi connectivity index (χ3n) is 19.6. The van der Waals surface area contributed by atoms with E-state index < -0.39 is 86.8 Å². The lowest BCUT2D eigenvalue weighted by Gasteiger charge is -2.46. The number of carbonyl (C=O) groups is 1. The van der Waals surface area contributed by atoms with Gasteiger partial charge in [0, 0.05) is 6.42 Å². The van der Waals surface area contributed by atoms with Crippen LogP contribution in [-0.2, 0) is 23.7 Å². The fourth-order valence-electron chi connectivity index (χ4n) is 12.9. The SMILES string of the molecule is CC/C=C\C/C=C\C/C=C\C/C=C\C/C=C\C/C=C\C/C=C\C/C=C\C/C=C\C/C=C\C/C=C\CCCCCCCCCC(=O)NC(COC1OC(CO)C(OC2OC(CO)C(O)C(O)C2O)C(O)C1O)C(O)/C=C/CC/C=C/CC/C=C/CCCCCCCCCCCCCCCCCCCCCCCC. The number of unbranched alkanes of at least 4 members (excludes halogenated alkanes) is 31. The highest BCUT2D eigenvalue weighted by Gasteiger charge is 2.51. The number of amides is 1. The van der Waals surface area contributed by atoms with Crippen molar-refractivity contribution < 1.29 is 64.6 Å². The lowest BCUT2D eigenvalue weighted by atomic mass is 9.97. The molecule has 0 radical (unpaired) electrons. The summed E-state index contributed by atoms with van der Waals surface area (Å²) in [5.41, 5.74) is 0. The third-order valence-corrected chi connectivity index (χ3v) is 19.6. The van der Waals surface area contributed by atoms with Gasteiger partial charge < -0.3 is 65.1 Å². The van der Waals surface area contributed by atoms with Gasteiger partial charge in [0.15, 0.2) is 12.6 Å². The third kappa shape index (κ3) is 56.3. The van der Waals surface area contributed by atoms with Crippen LogP contribution in [-0.4, -0.2) is 140 Å². The van der Waals surface area contributed by atoms with Gasteiger partial charge >= 0.3 is 0 Å². The first-order chi connectivity index (χ1) is 52.6. The molecule has 0 saturated carbocycles. The van der Waals surface area contributed by atoms with E-state index in [1.165, 1.54) is 141 Å². The molecule has 2 saturated heterocycles. The Balaban J connectivity index is 1.64. The van der Waals surface area contributed by atoms with Gasteiger partial charge in [-0.2, -0.15) is 0 Å². The van der Waals surface area contributed by atoms with Crippen molar-refractivity contribution in [3.63, 3.8) is 0 Å². The van der Waals surface area contributed by atoms with Gasteiger partial charge in [-0.25, -0.2) is 0 Å². The summed E-state index contributed by atoms with van der Waals surface area (Å²) in [4.78, 5) is 13.4. The predicted octanol–water partition coefficient (Wildman–Crippen LogP) is 20.6. The number of allylic oxidation sites excluding steroid dienone is 27. The fraction of sp³-hybridized carbons (Fsp3) is 0.688. The van der Waals surface area contributed by atoms with Gasteiger partial charge in [0.05, 0.1) is 32.0 Å². The molecule has 9 N–H and O–H groups in total. The van der Waals surface area contributed by atoms with Crippen LogP contribution in [0.25, 0.3) is 0 Å². The lowest BCUT2D eigenvalue weighted by molar-refractivity contribution is -0.359. The second-order valence-corrected chi connectivity index (χ2v) is 29.2. The van der Waals surface area contributed by atoms with Crippen molar-refractivity contribution in [2.75, 3.05) is 19.8 Å². The second-order valence-electron chi connectivity index (χ2n) is 29.2. The Morgan fingerprint density at radius 1 is 0.346 bits per heavy atom. The Kier molecular flexibility index (Phi) is 68.2. The Bertz CT molecular complexity index is 2470. The van der Waals surface area contributed by atoms with Gasteiger partial charge in [-0.05, 0) is 128 Å². The highest BCUT2D eigenvalue weighted by Crippen LogP contribution is 2.30. The normalized spacial score (nSPS) is 22.1. The number of hydrogen-bond donors (Lipinski definition) is 9. The number of aliphatic hydroxyl groups excluding tert-OH is 8. The maximum absolute atomic E-state index is 13.4. The monoisotopic (exact) mass is 1490 g/mol. The topological polar surface area (TPSA) is 228 Å². The summed E-state index contributed by atoms with van der Waals surface area (Å²) in [5, 5.41) is 87.7. The van der Waals surface area contributed by atoms with Crippen LogP contribution in [0.2, 0.25) is 0 Å². The molecular formula is C93H155NO13. The molecule has 0 aromatic heterocycles. The fourth-order valence-corrected chi connectivity index (χ4v) is 12.9. The molecule has 610 valence electrons. The van der Waals surface area contributed by atoms with E-state index in [9.17, 15) is 45.6 Å². The van der Waals surface area contributed by atoms with Gasteiger partial charge in [0.25, 0.3) is 0 Å². The minimum atomic E-state index is -1.80. The van der Waals surface area contributed by atoms with E-state index in [0.717, 1.165) is 141 Å². The Morgan fingerprint density at radius 3 is 1.03 bits per heavy atom. The molecule has 2 rings (SSSR count). The average Bonchev–Trinajstić information content (AvgIpc) is 0.789. The molecule has 0 aromatic rings. The summed E-state index contributed by atoms with van der Waals surface area (Å²) in [7, 11) is 0. The van der Waals surface area contributed by atoms with Gasteiger partial charge in [-0.3, -0.25) is 4.79 Å². The van der Waals surface area contributed by atoms with Gasteiger partial charge in [-0.1, -0.05) is 351 Å². The second kappa shape index (κ2) is 74.1. The maximum atomic E-state index is 13.4. The molecule has 2 aliphatic heterocycles. The first kappa shape index (κ1) is 98.4. The minimum Gasteiger partial charge on any atom is -0.394 e. The number of rotatable bonds is 70. The number of aliphatic hydroxyl groups is 8. The van der Waals surface area contributed by atoms with Crippen LogP contribution in [0.15, 0.2) is 170 Å². The molecular weight excluding hydrogens is 1340 g/mol. The minimum absolute atomic E-state index is 0.246. The van der Waals surface area contributed by atoms with Crippen molar-refractivity contribution in [3.05, 3.63) is 170 Å². The Hall–Kier alpha value is -4.65. The number of carbonyl (C=O) groups excluding carboxylic acids is 1. The van der Waals surface area contributed by atoms with Gasteiger partial charge in [0.1, 0.15) is 48.8 Å². The van der Waals surface area contributed by atoms with Crippen molar-refractivity contribution in [3.8, 4) is 0 Å². The van der Waals surface area contributed by atoms with Crippen LogP contribution in [0.5, 0.6) is 0 Å². The first-order valence-corrected chi connectivity index (χ1v) is 42.9. The van der Waals surface area contributed by atoms with E-state index in [1.54, 1.807) is 6.08 Å². The quantitative estimate of drug-likeness (QED) is 0.0204. The first-order valence-electron chi connectivity index (χ1n) is 42.9. The summed E-state index contributed by atoms with van der Waals surface area (Å²) in [6.45, 7) is 2.67. The highest BCUT2D eigenvalue weighted by atomic mass is 16.7. The van der Waals surface area contributed by atoms with Crippen molar-refractivity contribution in [1.29, 1.82) is 0 Å². The van der Waals surface area contributed by atoms with Crippen molar-refractivity contribution >= 4 is 5.91 Å². The van der Waals surface area contributed by atoms with E-state index in [-0.39, 0.29) is 18.9 Å². The summed E-state index contributed by atoms with van der Waals surface area (Å²) in [5.74, 6) is -0.269. The molecule has 2 heterocycles. The lowest BCUT2D eigenvalue weighted by Crippen LogP contribution is -2.65. The zero-order valence-corrected chi connectivity index (χ0v) is 67.1. The number of nitrogens with one attached hydrogen (secondary N) is 1. The van der Waals surface area contributed by atoms with Crippen molar-refractivity contribution in [2.45, 2.75) is 389 Å². The molecule has 0 aromatic carbocycles. The largest absolute Gasteiger partial charge is 0.394 e. The number of ether oxygens (including phenoxy) is 4. The molecule has 12 atom stereocenters. The maximum Gasteiger partial charge on any atom is 0.220 e. The van der Waals surface area contributed by atoms with Crippen molar-refractivity contribution in [2.24, 2.45) is 0 Å². The zero-order valence-electron chi connectivity index (χ0n) is 67.1. The summed E-state index contributed by atoms with van der Waals surface area (Å²) in [6.07, 6.45) is 98.7. The van der Waals surface area contributed by atoms with Crippen LogP contribution in [0.3, 0.4) is 0 Å². The van der Waals surface area contributed by atoms with Crippen LogP contribution in [0.1, 0.15) is 316 Å². The average molecular weight is 1500 g/mol. The van der Waals surface area contributed by atoms with E-state index >= 15 is 0 Å². The van der Waals surface area contributed by atoms with E-state index in [2.05, 4.69) is 177 Å². The van der Waals surface area contributed by atoms with Crippen LogP contribution < -0.4 is 5.32 Å². The van der Waals surface area contributed by atoms with Crippen LogP contribution in [0.4, 0.5) is 0 Å². The molecule has 14 heteroatoms.